The number of ether oxygens (including phenoxy) is 1. The van der Waals surface area contributed by atoms with E-state index in [9.17, 15) is 4.79 Å². The second-order valence-electron chi connectivity index (χ2n) is 5.51. The number of amides is 1. The molecule has 0 spiro atoms. The number of hydrogen-bond acceptors (Lipinski definition) is 3. The third-order valence-corrected chi connectivity index (χ3v) is 3.23. The Labute approximate surface area is 114 Å². The molecule has 1 saturated heterocycles. The van der Waals surface area contributed by atoms with Crippen LogP contribution in [0.1, 0.15) is 30.6 Å². The molecule has 1 aromatic carbocycles. The van der Waals surface area contributed by atoms with Crippen molar-refractivity contribution in [1.82, 2.24) is 4.90 Å². The lowest BCUT2D eigenvalue weighted by atomic mass is 10.2. The standard InChI is InChI=1S/C15H22N2O2/c1-11(2)10-19-14-6-7-17(9-14)15(18)12-4-3-5-13(16)8-12/h3-5,8,11,14H,6-7,9-10,16H2,1-2H3. The molecule has 1 fully saturated rings. The number of anilines is 1. The van der Waals surface area contributed by atoms with Crippen molar-refractivity contribution in [2.45, 2.75) is 26.4 Å². The molecule has 0 bridgehead atoms. The highest BCUT2D eigenvalue weighted by Crippen LogP contribution is 2.17. The zero-order chi connectivity index (χ0) is 13.8. The lowest BCUT2D eigenvalue weighted by Crippen LogP contribution is -2.30. The van der Waals surface area contributed by atoms with Crippen molar-refractivity contribution in [2.75, 3.05) is 25.4 Å². The molecule has 0 saturated carbocycles. The van der Waals surface area contributed by atoms with E-state index in [1.165, 1.54) is 0 Å². The Morgan fingerprint density at radius 2 is 2.32 bits per heavy atom. The normalized spacial score (nSPS) is 19.1. The van der Waals surface area contributed by atoms with Crippen LogP contribution in [0, 0.1) is 5.92 Å². The first kappa shape index (κ1) is 13.9. The highest BCUT2D eigenvalue weighted by Gasteiger charge is 2.27. The summed E-state index contributed by atoms with van der Waals surface area (Å²) in [6.45, 7) is 6.46. The van der Waals surface area contributed by atoms with E-state index >= 15 is 0 Å². The number of nitrogen functional groups attached to an aromatic ring is 1. The molecule has 0 aromatic heterocycles. The van der Waals surface area contributed by atoms with Crippen molar-refractivity contribution < 1.29 is 9.53 Å². The Balaban J connectivity index is 1.91. The minimum Gasteiger partial charge on any atom is -0.399 e. The molecule has 1 atom stereocenters. The lowest BCUT2D eigenvalue weighted by Gasteiger charge is -2.17. The van der Waals surface area contributed by atoms with E-state index in [4.69, 9.17) is 10.5 Å². The number of carbonyl (C=O) groups is 1. The van der Waals surface area contributed by atoms with Crippen LogP contribution in [0.15, 0.2) is 24.3 Å². The molecule has 4 heteroatoms. The molecular weight excluding hydrogens is 240 g/mol. The fourth-order valence-electron chi connectivity index (χ4n) is 2.23. The van der Waals surface area contributed by atoms with Gasteiger partial charge in [0, 0.05) is 30.9 Å². The van der Waals surface area contributed by atoms with Crippen LogP contribution in [0.3, 0.4) is 0 Å². The SMILES string of the molecule is CC(C)COC1CCN(C(=O)c2cccc(N)c2)C1. The van der Waals surface area contributed by atoms with Gasteiger partial charge in [0.25, 0.3) is 5.91 Å². The van der Waals surface area contributed by atoms with Crippen molar-refractivity contribution in [2.24, 2.45) is 5.92 Å². The molecule has 1 amide bonds. The molecule has 0 aliphatic carbocycles. The smallest absolute Gasteiger partial charge is 0.254 e. The summed E-state index contributed by atoms with van der Waals surface area (Å²) in [5, 5.41) is 0. The molecular formula is C15H22N2O2. The quantitative estimate of drug-likeness (QED) is 0.846. The van der Waals surface area contributed by atoms with Crippen molar-refractivity contribution in [3.8, 4) is 0 Å². The first-order chi connectivity index (χ1) is 9.06. The first-order valence-electron chi connectivity index (χ1n) is 6.82. The molecule has 2 N–H and O–H groups in total. The molecule has 4 nitrogen and oxygen atoms in total. The Bertz CT molecular complexity index is 446. The summed E-state index contributed by atoms with van der Waals surface area (Å²) in [6, 6.07) is 7.13. The van der Waals surface area contributed by atoms with E-state index in [1.807, 2.05) is 11.0 Å². The van der Waals surface area contributed by atoms with Crippen LogP contribution in [0.4, 0.5) is 5.69 Å². The van der Waals surface area contributed by atoms with Crippen molar-refractivity contribution >= 4 is 11.6 Å². The summed E-state index contributed by atoms with van der Waals surface area (Å²) in [7, 11) is 0. The van der Waals surface area contributed by atoms with Gasteiger partial charge in [0.15, 0.2) is 0 Å². The average Bonchev–Trinajstić information content (AvgIpc) is 2.84. The summed E-state index contributed by atoms with van der Waals surface area (Å²) in [4.78, 5) is 14.1. The number of benzene rings is 1. The Morgan fingerprint density at radius 1 is 1.53 bits per heavy atom. The molecule has 1 aliphatic heterocycles. The molecule has 1 heterocycles. The summed E-state index contributed by atoms with van der Waals surface area (Å²) in [5.41, 5.74) is 6.99. The Morgan fingerprint density at radius 3 is 3.00 bits per heavy atom. The summed E-state index contributed by atoms with van der Waals surface area (Å²) in [5.74, 6) is 0.571. The number of likely N-dealkylation sites (tertiary alicyclic amines) is 1. The second kappa shape index (κ2) is 6.06. The molecule has 1 unspecified atom stereocenters. The summed E-state index contributed by atoms with van der Waals surface area (Å²) in [6.07, 6.45) is 1.09. The number of nitrogens with two attached hydrogens (primary N) is 1. The van der Waals surface area contributed by atoms with Crippen LogP contribution in [-0.2, 0) is 4.74 Å². The summed E-state index contributed by atoms with van der Waals surface area (Å²) >= 11 is 0. The average molecular weight is 262 g/mol. The molecule has 2 rings (SSSR count). The van der Waals surface area contributed by atoms with Gasteiger partial charge in [-0.1, -0.05) is 19.9 Å². The number of rotatable bonds is 4. The largest absolute Gasteiger partial charge is 0.399 e. The molecule has 1 aromatic rings. The van der Waals surface area contributed by atoms with E-state index in [2.05, 4.69) is 13.8 Å². The van der Waals surface area contributed by atoms with Crippen LogP contribution in [-0.4, -0.2) is 36.6 Å². The highest BCUT2D eigenvalue weighted by atomic mass is 16.5. The van der Waals surface area contributed by atoms with Crippen LogP contribution in [0.5, 0.6) is 0 Å². The van der Waals surface area contributed by atoms with Crippen LogP contribution in [0.2, 0.25) is 0 Å². The van der Waals surface area contributed by atoms with Crippen LogP contribution < -0.4 is 5.73 Å². The third-order valence-electron chi connectivity index (χ3n) is 3.23. The maximum atomic E-state index is 12.3. The van der Waals surface area contributed by atoms with Gasteiger partial charge in [-0.2, -0.15) is 0 Å². The minimum atomic E-state index is 0.0444. The molecule has 1 aliphatic rings. The van der Waals surface area contributed by atoms with Crippen molar-refractivity contribution in [1.29, 1.82) is 0 Å². The van der Waals surface area contributed by atoms with Crippen LogP contribution in [0.25, 0.3) is 0 Å². The molecule has 19 heavy (non-hydrogen) atoms. The zero-order valence-electron chi connectivity index (χ0n) is 11.6. The van der Waals surface area contributed by atoms with E-state index in [0.29, 0.717) is 23.7 Å². The van der Waals surface area contributed by atoms with E-state index in [-0.39, 0.29) is 12.0 Å². The number of hydrogen-bond donors (Lipinski definition) is 1. The van der Waals surface area contributed by atoms with Gasteiger partial charge in [0.1, 0.15) is 0 Å². The number of nitrogens with zero attached hydrogens (tertiary/aromatic N) is 1. The second-order valence-corrected chi connectivity index (χ2v) is 5.51. The number of carbonyl (C=O) groups excluding carboxylic acids is 1. The van der Waals surface area contributed by atoms with Crippen molar-refractivity contribution in [3.63, 3.8) is 0 Å². The Hall–Kier alpha value is -1.55. The fraction of sp³-hybridized carbons (Fsp3) is 0.533. The first-order valence-corrected chi connectivity index (χ1v) is 6.82. The maximum absolute atomic E-state index is 12.3. The van der Waals surface area contributed by atoms with E-state index in [0.717, 1.165) is 19.6 Å². The zero-order valence-corrected chi connectivity index (χ0v) is 11.6. The van der Waals surface area contributed by atoms with Gasteiger partial charge in [0.2, 0.25) is 0 Å². The van der Waals surface area contributed by atoms with Gasteiger partial charge in [-0.3, -0.25) is 4.79 Å². The lowest BCUT2D eigenvalue weighted by molar-refractivity contribution is 0.0396. The maximum Gasteiger partial charge on any atom is 0.254 e. The van der Waals surface area contributed by atoms with Gasteiger partial charge >= 0.3 is 0 Å². The fourth-order valence-corrected chi connectivity index (χ4v) is 2.23. The van der Waals surface area contributed by atoms with Gasteiger partial charge in [-0.05, 0) is 30.5 Å². The third kappa shape index (κ3) is 3.70. The predicted molar refractivity (Wildman–Crippen MR) is 76.0 cm³/mol. The minimum absolute atomic E-state index is 0.0444. The Kier molecular flexibility index (Phi) is 4.43. The topological polar surface area (TPSA) is 55.6 Å². The highest BCUT2D eigenvalue weighted by molar-refractivity contribution is 5.95. The summed E-state index contributed by atoms with van der Waals surface area (Å²) < 4.78 is 5.79. The monoisotopic (exact) mass is 262 g/mol. The van der Waals surface area contributed by atoms with Gasteiger partial charge < -0.3 is 15.4 Å². The van der Waals surface area contributed by atoms with Gasteiger partial charge in [-0.25, -0.2) is 0 Å². The van der Waals surface area contributed by atoms with Crippen LogP contribution >= 0.6 is 0 Å². The molecule has 0 radical (unpaired) electrons. The van der Waals surface area contributed by atoms with E-state index in [1.54, 1.807) is 18.2 Å². The van der Waals surface area contributed by atoms with E-state index < -0.39 is 0 Å². The van der Waals surface area contributed by atoms with Gasteiger partial charge in [-0.15, -0.1) is 0 Å². The van der Waals surface area contributed by atoms with Gasteiger partial charge in [0.05, 0.1) is 6.10 Å². The van der Waals surface area contributed by atoms with Crippen molar-refractivity contribution in [3.05, 3.63) is 29.8 Å². The molecule has 104 valence electrons. The predicted octanol–water partition coefficient (Wildman–Crippen LogP) is 2.16.